The van der Waals surface area contributed by atoms with E-state index in [4.69, 9.17) is 9.05 Å². The number of aliphatic hydroxyl groups excluding tert-OH is 1. The average molecular weight is 747 g/mol. The van der Waals surface area contributed by atoms with Gasteiger partial charge in [0.1, 0.15) is 13.2 Å². The second-order valence-electron chi connectivity index (χ2n) is 16.4. The van der Waals surface area contributed by atoms with E-state index in [2.05, 4.69) is 19.2 Å². The summed E-state index contributed by atoms with van der Waals surface area (Å²) >= 11 is 0. The van der Waals surface area contributed by atoms with Gasteiger partial charge < -0.3 is 28.8 Å². The Labute approximate surface area is 317 Å². The lowest BCUT2D eigenvalue weighted by atomic mass is 10.0. The van der Waals surface area contributed by atoms with Crippen molar-refractivity contribution in [3.8, 4) is 0 Å². The van der Waals surface area contributed by atoms with Crippen LogP contribution in [0.4, 0.5) is 0 Å². The van der Waals surface area contributed by atoms with Crippen LogP contribution in [0.3, 0.4) is 0 Å². The lowest BCUT2D eigenvalue weighted by molar-refractivity contribution is -0.870. The van der Waals surface area contributed by atoms with Gasteiger partial charge in [0.2, 0.25) is 5.91 Å². The van der Waals surface area contributed by atoms with Gasteiger partial charge in [0.15, 0.2) is 0 Å². The lowest BCUT2D eigenvalue weighted by Crippen LogP contribution is -2.46. The summed E-state index contributed by atoms with van der Waals surface area (Å²) in [6, 6.07) is -0.792. The molecule has 3 atom stereocenters. The molecule has 0 rings (SSSR count). The van der Waals surface area contributed by atoms with Gasteiger partial charge in [0, 0.05) is 6.42 Å². The first-order valence-electron chi connectivity index (χ1n) is 21.9. The molecule has 9 heteroatoms. The van der Waals surface area contributed by atoms with Crippen LogP contribution in [0.25, 0.3) is 0 Å². The summed E-state index contributed by atoms with van der Waals surface area (Å²) in [5, 5.41) is 13.9. The molecule has 0 radical (unpaired) electrons. The molecule has 8 nitrogen and oxygen atoms in total. The van der Waals surface area contributed by atoms with Gasteiger partial charge in [0.25, 0.3) is 7.82 Å². The highest BCUT2D eigenvalue weighted by Gasteiger charge is 2.24. The maximum atomic E-state index is 12.8. The van der Waals surface area contributed by atoms with E-state index >= 15 is 0 Å². The number of rotatable bonds is 40. The highest BCUT2D eigenvalue weighted by atomic mass is 31.2. The van der Waals surface area contributed by atoms with Crippen molar-refractivity contribution in [3.63, 3.8) is 0 Å². The van der Waals surface area contributed by atoms with Gasteiger partial charge in [-0.25, -0.2) is 0 Å². The maximum Gasteiger partial charge on any atom is 0.268 e. The zero-order valence-electron chi connectivity index (χ0n) is 34.6. The Bertz CT molecular complexity index is 809. The van der Waals surface area contributed by atoms with Crippen molar-refractivity contribution >= 4 is 13.7 Å². The van der Waals surface area contributed by atoms with Gasteiger partial charge in [0.05, 0.1) is 39.9 Å². The summed E-state index contributed by atoms with van der Waals surface area (Å²) in [7, 11) is 1.32. The third-order valence-corrected chi connectivity index (χ3v) is 11.1. The first-order chi connectivity index (χ1) is 24.5. The van der Waals surface area contributed by atoms with Crippen molar-refractivity contribution in [1.29, 1.82) is 0 Å². The smallest absolute Gasteiger partial charge is 0.268 e. The molecule has 0 saturated carbocycles. The third kappa shape index (κ3) is 37.6. The standard InChI is InChI=1S/C42H87N2O6P/c1-6-8-10-12-14-16-18-20-22-24-26-28-30-32-34-36-42(46)43-40(39-50-51(47,48)49-38-37-44(3,4)5)41(45)35-33-31-29-27-25-23-21-19-17-15-13-11-9-7-2/h40-41,45H,6-39H2,1-5H3,(H-,43,46,47,48). The van der Waals surface area contributed by atoms with E-state index < -0.39 is 20.0 Å². The fraction of sp³-hybridized carbons (Fsp3) is 0.976. The minimum absolute atomic E-state index is 0.0160. The topological polar surface area (TPSA) is 108 Å². The quantitative estimate of drug-likeness (QED) is 0.0367. The molecule has 0 aliphatic rings. The first kappa shape index (κ1) is 50.5. The van der Waals surface area contributed by atoms with Crippen LogP contribution in [-0.4, -0.2) is 68.5 Å². The third-order valence-electron chi connectivity index (χ3n) is 10.1. The zero-order chi connectivity index (χ0) is 37.9. The summed E-state index contributed by atoms with van der Waals surface area (Å²) < 4.78 is 23.2. The molecule has 0 spiro atoms. The summed E-state index contributed by atoms with van der Waals surface area (Å²) in [6.07, 6.45) is 36.6. The van der Waals surface area contributed by atoms with Crippen LogP contribution in [0, 0.1) is 0 Å². The van der Waals surface area contributed by atoms with E-state index in [0.717, 1.165) is 38.5 Å². The van der Waals surface area contributed by atoms with Crippen LogP contribution >= 0.6 is 7.82 Å². The summed E-state index contributed by atoms with van der Waals surface area (Å²) in [5.41, 5.74) is 0. The second kappa shape index (κ2) is 35.2. The fourth-order valence-corrected chi connectivity index (χ4v) is 7.29. The number of hydrogen-bond donors (Lipinski definition) is 2. The molecule has 51 heavy (non-hydrogen) atoms. The van der Waals surface area contributed by atoms with Gasteiger partial charge >= 0.3 is 0 Å². The van der Waals surface area contributed by atoms with Gasteiger partial charge in [-0.1, -0.05) is 194 Å². The SMILES string of the molecule is CCCCCCCCCCCCCCCCCC(=O)NC(COP(=O)([O-])OCC[N+](C)(C)C)C(O)CCCCCCCCCCCCCCCC. The van der Waals surface area contributed by atoms with E-state index in [1.54, 1.807) is 0 Å². The van der Waals surface area contributed by atoms with Crippen LogP contribution in [0.15, 0.2) is 0 Å². The molecule has 0 heterocycles. The van der Waals surface area contributed by atoms with Crippen molar-refractivity contribution < 1.29 is 32.9 Å². The Morgan fingerprint density at radius 1 is 0.608 bits per heavy atom. The molecular formula is C42H87N2O6P. The largest absolute Gasteiger partial charge is 0.756 e. The number of carbonyl (C=O) groups excluding carboxylic acids is 1. The van der Waals surface area contributed by atoms with Gasteiger partial charge in [-0.05, 0) is 12.8 Å². The van der Waals surface area contributed by atoms with Gasteiger partial charge in [-0.3, -0.25) is 9.36 Å². The average Bonchev–Trinajstić information content (AvgIpc) is 3.07. The Kier molecular flexibility index (Phi) is 34.9. The minimum Gasteiger partial charge on any atom is -0.756 e. The number of quaternary nitrogens is 1. The molecule has 0 fully saturated rings. The summed E-state index contributed by atoms with van der Waals surface area (Å²) in [6.45, 7) is 4.73. The number of hydrogen-bond acceptors (Lipinski definition) is 6. The molecule has 0 aromatic heterocycles. The number of nitrogens with zero attached hydrogens (tertiary/aromatic N) is 1. The van der Waals surface area contributed by atoms with E-state index in [-0.39, 0.29) is 19.1 Å². The highest BCUT2D eigenvalue weighted by molar-refractivity contribution is 7.45. The molecule has 0 bridgehead atoms. The van der Waals surface area contributed by atoms with E-state index in [9.17, 15) is 19.4 Å². The predicted octanol–water partition coefficient (Wildman–Crippen LogP) is 11.2. The molecule has 0 saturated heterocycles. The minimum atomic E-state index is -4.55. The van der Waals surface area contributed by atoms with E-state index in [1.807, 2.05) is 21.1 Å². The number of phosphoric ester groups is 1. The van der Waals surface area contributed by atoms with Crippen molar-refractivity contribution in [2.75, 3.05) is 40.9 Å². The predicted molar refractivity (Wildman–Crippen MR) is 215 cm³/mol. The number of phosphoric acid groups is 1. The number of aliphatic hydroxyl groups is 1. The molecule has 0 aromatic rings. The van der Waals surface area contributed by atoms with Crippen molar-refractivity contribution in [2.45, 2.75) is 225 Å². The summed E-state index contributed by atoms with van der Waals surface area (Å²) in [5.74, 6) is -0.162. The van der Waals surface area contributed by atoms with Crippen LogP contribution in [-0.2, 0) is 18.4 Å². The van der Waals surface area contributed by atoms with Crippen molar-refractivity contribution in [1.82, 2.24) is 5.32 Å². The van der Waals surface area contributed by atoms with Gasteiger partial charge in [-0.2, -0.15) is 0 Å². The fourth-order valence-electron chi connectivity index (χ4n) is 6.57. The van der Waals surface area contributed by atoms with Crippen molar-refractivity contribution in [2.24, 2.45) is 0 Å². The van der Waals surface area contributed by atoms with Crippen LogP contribution < -0.4 is 10.2 Å². The molecule has 306 valence electrons. The molecule has 0 aliphatic heterocycles. The Hall–Kier alpha value is -0.500. The zero-order valence-corrected chi connectivity index (χ0v) is 35.5. The molecule has 1 amide bonds. The number of carbonyl (C=O) groups is 1. The first-order valence-corrected chi connectivity index (χ1v) is 23.3. The second-order valence-corrected chi connectivity index (χ2v) is 17.8. The Morgan fingerprint density at radius 3 is 1.33 bits per heavy atom. The maximum absolute atomic E-state index is 12.8. The van der Waals surface area contributed by atoms with Crippen LogP contribution in [0.2, 0.25) is 0 Å². The normalized spacial score (nSPS) is 14.4. The molecule has 0 aromatic carbocycles. The Balaban J connectivity index is 4.35. The summed E-state index contributed by atoms with van der Waals surface area (Å²) in [4.78, 5) is 25.3. The molecular weight excluding hydrogens is 659 g/mol. The van der Waals surface area contributed by atoms with Crippen LogP contribution in [0.1, 0.15) is 213 Å². The molecule has 2 N–H and O–H groups in total. The van der Waals surface area contributed by atoms with Gasteiger partial charge in [-0.15, -0.1) is 0 Å². The lowest BCUT2D eigenvalue weighted by Gasteiger charge is -2.30. The molecule has 3 unspecified atom stereocenters. The Morgan fingerprint density at radius 2 is 0.961 bits per heavy atom. The van der Waals surface area contributed by atoms with Crippen LogP contribution in [0.5, 0.6) is 0 Å². The number of amides is 1. The molecule has 0 aliphatic carbocycles. The number of unbranched alkanes of at least 4 members (excludes halogenated alkanes) is 27. The highest BCUT2D eigenvalue weighted by Crippen LogP contribution is 2.38. The van der Waals surface area contributed by atoms with E-state index in [1.165, 1.54) is 148 Å². The van der Waals surface area contributed by atoms with Crippen molar-refractivity contribution in [3.05, 3.63) is 0 Å². The van der Waals surface area contributed by atoms with E-state index in [0.29, 0.717) is 23.9 Å². The number of nitrogens with one attached hydrogen (secondary N) is 1. The number of likely N-dealkylation sites (N-methyl/N-ethyl adjacent to an activating group) is 1. The monoisotopic (exact) mass is 747 g/mol.